The molecule has 0 bridgehead atoms. The SMILES string of the molecule is CCc1nc(Cc2ccccc2C)no1.O=CO. The molecular weight excluding hydrogens is 232 g/mol. The predicted octanol–water partition coefficient (Wildman–Crippen LogP) is 2.23. The molecule has 0 radical (unpaired) electrons. The number of carboxylic acid groups (broad SMARTS) is 1. The first-order valence-corrected chi connectivity index (χ1v) is 5.65. The molecule has 1 aromatic carbocycles. The fraction of sp³-hybridized carbons (Fsp3) is 0.308. The zero-order valence-electron chi connectivity index (χ0n) is 10.5. The van der Waals surface area contributed by atoms with Crippen molar-refractivity contribution in [3.05, 3.63) is 47.1 Å². The summed E-state index contributed by atoms with van der Waals surface area (Å²) in [6, 6.07) is 8.25. The smallest absolute Gasteiger partial charge is 0.290 e. The second kappa shape index (κ2) is 7.21. The van der Waals surface area contributed by atoms with E-state index < -0.39 is 0 Å². The molecule has 0 spiro atoms. The molecule has 0 aliphatic carbocycles. The molecule has 0 saturated heterocycles. The van der Waals surface area contributed by atoms with E-state index in [2.05, 4.69) is 29.2 Å². The van der Waals surface area contributed by atoms with Crippen LogP contribution >= 0.6 is 0 Å². The average Bonchev–Trinajstić information content (AvgIpc) is 2.81. The van der Waals surface area contributed by atoms with Crippen molar-refractivity contribution in [1.29, 1.82) is 0 Å². The highest BCUT2D eigenvalue weighted by molar-refractivity contribution is 5.32. The van der Waals surface area contributed by atoms with Crippen molar-refractivity contribution in [3.63, 3.8) is 0 Å². The Labute approximate surface area is 105 Å². The Kier molecular flexibility index (Phi) is 5.57. The van der Waals surface area contributed by atoms with E-state index in [9.17, 15) is 0 Å². The van der Waals surface area contributed by atoms with Gasteiger partial charge in [0, 0.05) is 12.8 Å². The van der Waals surface area contributed by atoms with Gasteiger partial charge in [0.1, 0.15) is 0 Å². The molecule has 0 atom stereocenters. The van der Waals surface area contributed by atoms with Crippen molar-refractivity contribution in [2.24, 2.45) is 0 Å². The molecule has 2 aromatic rings. The van der Waals surface area contributed by atoms with Crippen LogP contribution in [-0.2, 0) is 17.6 Å². The van der Waals surface area contributed by atoms with Crippen molar-refractivity contribution in [1.82, 2.24) is 10.1 Å². The van der Waals surface area contributed by atoms with Crippen molar-refractivity contribution in [3.8, 4) is 0 Å². The Balaban J connectivity index is 0.000000492. The molecule has 0 amide bonds. The Morgan fingerprint density at radius 1 is 1.39 bits per heavy atom. The van der Waals surface area contributed by atoms with Crippen LogP contribution in [0.2, 0.25) is 0 Å². The molecule has 5 heteroatoms. The van der Waals surface area contributed by atoms with Crippen molar-refractivity contribution >= 4 is 6.47 Å². The molecule has 96 valence electrons. The number of aryl methyl sites for hydroxylation is 2. The van der Waals surface area contributed by atoms with Crippen LogP contribution in [0.4, 0.5) is 0 Å². The molecule has 1 aromatic heterocycles. The number of hydrogen-bond acceptors (Lipinski definition) is 4. The molecular formula is C13H16N2O3. The van der Waals surface area contributed by atoms with Crippen LogP contribution in [0.15, 0.2) is 28.8 Å². The highest BCUT2D eigenvalue weighted by atomic mass is 16.5. The maximum Gasteiger partial charge on any atom is 0.290 e. The summed E-state index contributed by atoms with van der Waals surface area (Å²) in [6.07, 6.45) is 1.54. The predicted molar refractivity (Wildman–Crippen MR) is 66.4 cm³/mol. The molecule has 1 N–H and O–H groups in total. The van der Waals surface area contributed by atoms with E-state index >= 15 is 0 Å². The average molecular weight is 248 g/mol. The maximum absolute atomic E-state index is 8.36. The van der Waals surface area contributed by atoms with E-state index in [4.69, 9.17) is 14.4 Å². The fourth-order valence-corrected chi connectivity index (χ4v) is 1.48. The third kappa shape index (κ3) is 4.01. The van der Waals surface area contributed by atoms with Gasteiger partial charge in [-0.3, -0.25) is 4.79 Å². The minimum atomic E-state index is -0.250. The Bertz CT molecular complexity index is 494. The normalized spacial score (nSPS) is 9.44. The van der Waals surface area contributed by atoms with Crippen molar-refractivity contribution in [2.45, 2.75) is 26.7 Å². The van der Waals surface area contributed by atoms with Gasteiger partial charge in [-0.2, -0.15) is 4.98 Å². The third-order valence-corrected chi connectivity index (χ3v) is 2.42. The Morgan fingerprint density at radius 2 is 2.06 bits per heavy atom. The number of nitrogens with zero attached hydrogens (tertiary/aromatic N) is 2. The summed E-state index contributed by atoms with van der Waals surface area (Å²) in [5.74, 6) is 1.47. The molecule has 0 saturated carbocycles. The molecule has 0 aliphatic rings. The standard InChI is InChI=1S/C12H14N2O.CH2O2/c1-3-12-13-11(14-15-12)8-10-7-5-4-6-9(10)2;2-1-3/h4-7H,3,8H2,1-2H3;1H,(H,2,3). The Hall–Kier alpha value is -2.17. The molecule has 0 unspecified atom stereocenters. The molecule has 18 heavy (non-hydrogen) atoms. The highest BCUT2D eigenvalue weighted by Crippen LogP contribution is 2.11. The van der Waals surface area contributed by atoms with Gasteiger partial charge in [-0.1, -0.05) is 36.3 Å². The molecule has 5 nitrogen and oxygen atoms in total. The van der Waals surface area contributed by atoms with E-state index in [-0.39, 0.29) is 6.47 Å². The highest BCUT2D eigenvalue weighted by Gasteiger charge is 2.06. The van der Waals surface area contributed by atoms with Crippen LogP contribution in [0.3, 0.4) is 0 Å². The van der Waals surface area contributed by atoms with Gasteiger partial charge in [-0.25, -0.2) is 0 Å². The second-order valence-corrected chi connectivity index (χ2v) is 3.67. The minimum absolute atomic E-state index is 0.250. The molecule has 1 heterocycles. The lowest BCUT2D eigenvalue weighted by atomic mass is 10.1. The summed E-state index contributed by atoms with van der Waals surface area (Å²) in [6.45, 7) is 3.85. The molecule has 0 fully saturated rings. The van der Waals surface area contributed by atoms with Gasteiger partial charge in [-0.15, -0.1) is 0 Å². The number of benzene rings is 1. The quantitative estimate of drug-likeness (QED) is 0.843. The van der Waals surface area contributed by atoms with E-state index in [1.54, 1.807) is 0 Å². The first-order valence-electron chi connectivity index (χ1n) is 5.65. The molecule has 2 rings (SSSR count). The summed E-state index contributed by atoms with van der Waals surface area (Å²) in [7, 11) is 0. The number of carbonyl (C=O) groups is 1. The summed E-state index contributed by atoms with van der Waals surface area (Å²) in [5.41, 5.74) is 2.52. The van der Waals surface area contributed by atoms with Crippen molar-refractivity contribution in [2.75, 3.05) is 0 Å². The fourth-order valence-electron chi connectivity index (χ4n) is 1.48. The van der Waals surface area contributed by atoms with Crippen LogP contribution in [0.25, 0.3) is 0 Å². The molecule has 0 aliphatic heterocycles. The van der Waals surface area contributed by atoms with Gasteiger partial charge >= 0.3 is 0 Å². The number of hydrogen-bond donors (Lipinski definition) is 1. The van der Waals surface area contributed by atoms with Crippen molar-refractivity contribution < 1.29 is 14.4 Å². The Morgan fingerprint density at radius 3 is 2.61 bits per heavy atom. The van der Waals surface area contributed by atoms with Crippen LogP contribution in [0.5, 0.6) is 0 Å². The monoisotopic (exact) mass is 248 g/mol. The maximum atomic E-state index is 8.36. The van der Waals surface area contributed by atoms with E-state index in [0.717, 1.165) is 18.7 Å². The number of aromatic nitrogens is 2. The van der Waals surface area contributed by atoms with E-state index in [1.807, 2.05) is 19.1 Å². The van der Waals surface area contributed by atoms with Crippen LogP contribution in [0.1, 0.15) is 29.8 Å². The van der Waals surface area contributed by atoms with E-state index in [0.29, 0.717) is 5.89 Å². The van der Waals surface area contributed by atoms with Gasteiger partial charge in [0.2, 0.25) is 5.89 Å². The first kappa shape index (κ1) is 13.9. The first-order chi connectivity index (χ1) is 8.71. The largest absolute Gasteiger partial charge is 0.483 e. The lowest BCUT2D eigenvalue weighted by molar-refractivity contribution is -0.122. The van der Waals surface area contributed by atoms with Crippen LogP contribution < -0.4 is 0 Å². The topological polar surface area (TPSA) is 76.2 Å². The van der Waals surface area contributed by atoms with Crippen LogP contribution in [-0.4, -0.2) is 21.7 Å². The van der Waals surface area contributed by atoms with Gasteiger partial charge < -0.3 is 9.63 Å². The summed E-state index contributed by atoms with van der Waals surface area (Å²) in [5, 5.41) is 10.8. The number of rotatable bonds is 3. The summed E-state index contributed by atoms with van der Waals surface area (Å²) < 4.78 is 5.06. The van der Waals surface area contributed by atoms with Gasteiger partial charge in [-0.05, 0) is 18.1 Å². The van der Waals surface area contributed by atoms with Gasteiger partial charge in [0.25, 0.3) is 6.47 Å². The van der Waals surface area contributed by atoms with E-state index in [1.165, 1.54) is 11.1 Å². The zero-order chi connectivity index (χ0) is 13.4. The lowest BCUT2D eigenvalue weighted by Crippen LogP contribution is -1.93. The third-order valence-electron chi connectivity index (χ3n) is 2.42. The van der Waals surface area contributed by atoms with Gasteiger partial charge in [0.05, 0.1) is 0 Å². The van der Waals surface area contributed by atoms with Gasteiger partial charge in [0.15, 0.2) is 5.82 Å². The minimum Gasteiger partial charge on any atom is -0.483 e. The van der Waals surface area contributed by atoms with Crippen LogP contribution in [0, 0.1) is 6.92 Å². The summed E-state index contributed by atoms with van der Waals surface area (Å²) >= 11 is 0. The zero-order valence-corrected chi connectivity index (χ0v) is 10.5. The second-order valence-electron chi connectivity index (χ2n) is 3.67. The summed E-state index contributed by atoms with van der Waals surface area (Å²) in [4.78, 5) is 12.6. The lowest BCUT2D eigenvalue weighted by Gasteiger charge is -2.00.